The van der Waals surface area contributed by atoms with Gasteiger partial charge in [-0.2, -0.15) is 0 Å². The smallest absolute Gasteiger partial charge is 0.179 e. The van der Waals surface area contributed by atoms with E-state index in [1.165, 1.54) is 35.1 Å². The van der Waals surface area contributed by atoms with E-state index in [1.807, 2.05) is 6.08 Å². The van der Waals surface area contributed by atoms with Crippen LogP contribution in [-0.4, -0.2) is 18.6 Å². The summed E-state index contributed by atoms with van der Waals surface area (Å²) in [5.41, 5.74) is 8.38. The lowest BCUT2D eigenvalue weighted by Gasteiger charge is -2.50. The molecule has 1 heterocycles. The first-order valence-electron chi connectivity index (χ1n) is 19.9. The Kier molecular flexibility index (Phi) is 13.8. The molecule has 1 saturated carbocycles. The number of anilines is 1. The van der Waals surface area contributed by atoms with Crippen molar-refractivity contribution >= 4 is 24.7 Å². The molecule has 0 amide bonds. The van der Waals surface area contributed by atoms with Crippen molar-refractivity contribution in [2.75, 3.05) is 4.90 Å². The van der Waals surface area contributed by atoms with Gasteiger partial charge in [0, 0.05) is 34.6 Å². The Morgan fingerprint density at radius 1 is 1.04 bits per heavy atom. The van der Waals surface area contributed by atoms with Gasteiger partial charge in [0.2, 0.25) is 0 Å². The van der Waals surface area contributed by atoms with E-state index in [-0.39, 0.29) is 22.3 Å². The van der Waals surface area contributed by atoms with Crippen molar-refractivity contribution in [1.82, 2.24) is 5.32 Å². The van der Waals surface area contributed by atoms with Gasteiger partial charge in [0.25, 0.3) is 0 Å². The van der Waals surface area contributed by atoms with E-state index in [4.69, 9.17) is 6.58 Å². The Hall–Kier alpha value is -2.85. The molecule has 0 spiro atoms. The van der Waals surface area contributed by atoms with Crippen LogP contribution in [0.5, 0.6) is 0 Å². The van der Waals surface area contributed by atoms with Crippen molar-refractivity contribution in [3.05, 3.63) is 126 Å². The molecule has 52 heavy (non-hydrogen) atoms. The van der Waals surface area contributed by atoms with Crippen LogP contribution in [0.1, 0.15) is 121 Å². The number of nitrogens with zero attached hydrogens (tertiary/aromatic N) is 1. The van der Waals surface area contributed by atoms with Crippen LogP contribution in [0.2, 0.25) is 0 Å². The molecule has 1 fully saturated rings. The average molecular weight is 718 g/mol. The SMILES string of the molecule is C=C/C=C(\C=C\N(/C(=C\[B]C1=CSC2C1C(C)(C)CCC2(C)C)CC(C(=C)C(C)(C)CC)C(C)C)c1ccc(C(C)(C)C)cc1)NC1C=CC=CC1. The highest BCUT2D eigenvalue weighted by Crippen LogP contribution is 2.59. The second-order valence-corrected chi connectivity index (χ2v) is 19.9. The summed E-state index contributed by atoms with van der Waals surface area (Å²) in [6.45, 7) is 37.4. The highest BCUT2D eigenvalue weighted by Gasteiger charge is 2.51. The molecule has 2 aliphatic carbocycles. The van der Waals surface area contributed by atoms with Gasteiger partial charge in [0.1, 0.15) is 0 Å². The minimum atomic E-state index is 0.0556. The molecule has 1 aromatic carbocycles. The largest absolute Gasteiger partial charge is 0.378 e. The van der Waals surface area contributed by atoms with Crippen molar-refractivity contribution in [1.29, 1.82) is 0 Å². The molecule has 2 nitrogen and oxygen atoms in total. The predicted octanol–water partition coefficient (Wildman–Crippen LogP) is 13.5. The Labute approximate surface area is 325 Å². The molecule has 1 aromatic rings. The van der Waals surface area contributed by atoms with E-state index in [0.29, 0.717) is 28.4 Å². The standard InChI is InChI=1S/C48H70BN2S/c1-15-20-37(50-38-21-18-17-19-22-38)27-30-51(39-25-23-36(24-26-39)45(6,7)8)40(31-41(34(3)4)35(5)46(9,10)16-2)32-49-42-33-52-44-43(42)47(11,12)28-29-48(44,13)14/h15,17-21,23-27,30,32-34,38,41,43-44,50H,1,5,16,22,28-29,31H2,2-4,6-14H3/b30-27+,37-20+,40-32-. The van der Waals surface area contributed by atoms with Crippen molar-refractivity contribution in [2.45, 2.75) is 132 Å². The number of hydrogen-bond donors (Lipinski definition) is 1. The van der Waals surface area contributed by atoms with E-state index in [0.717, 1.165) is 30.6 Å². The Bertz CT molecular complexity index is 1590. The number of thioether (sulfide) groups is 1. The van der Waals surface area contributed by atoms with Crippen LogP contribution in [0, 0.1) is 34.0 Å². The van der Waals surface area contributed by atoms with Gasteiger partial charge in [-0.15, -0.1) is 11.8 Å². The first-order chi connectivity index (χ1) is 24.3. The summed E-state index contributed by atoms with van der Waals surface area (Å²) < 4.78 is 0. The van der Waals surface area contributed by atoms with Crippen LogP contribution in [0.4, 0.5) is 5.69 Å². The summed E-state index contributed by atoms with van der Waals surface area (Å²) in [4.78, 5) is 2.44. The molecule has 0 aromatic heterocycles. The third kappa shape index (κ3) is 10.2. The number of nitrogens with one attached hydrogen (secondary N) is 1. The monoisotopic (exact) mass is 718 g/mol. The summed E-state index contributed by atoms with van der Waals surface area (Å²) in [6.07, 6.45) is 22.6. The summed E-state index contributed by atoms with van der Waals surface area (Å²) in [6, 6.07) is 9.47. The normalized spacial score (nSPS) is 23.7. The van der Waals surface area contributed by atoms with Crippen LogP contribution in [0.3, 0.4) is 0 Å². The molecule has 0 saturated heterocycles. The molecule has 1 radical (unpaired) electrons. The van der Waals surface area contributed by atoms with Gasteiger partial charge < -0.3 is 10.2 Å². The lowest BCUT2D eigenvalue weighted by molar-refractivity contribution is 0.0929. The van der Waals surface area contributed by atoms with Gasteiger partial charge in [0.15, 0.2) is 7.28 Å². The molecule has 4 atom stereocenters. The minimum absolute atomic E-state index is 0.0556. The number of allylic oxidation sites excluding steroid dienone is 8. The van der Waals surface area contributed by atoms with Gasteiger partial charge in [-0.25, -0.2) is 0 Å². The predicted molar refractivity (Wildman–Crippen MR) is 235 cm³/mol. The number of hydrogen-bond acceptors (Lipinski definition) is 3. The lowest BCUT2D eigenvalue weighted by atomic mass is 9.51. The van der Waals surface area contributed by atoms with E-state index in [2.05, 4.69) is 197 Å². The molecule has 1 N–H and O–H groups in total. The highest BCUT2D eigenvalue weighted by atomic mass is 32.2. The Morgan fingerprint density at radius 3 is 2.29 bits per heavy atom. The molecule has 4 heteroatoms. The van der Waals surface area contributed by atoms with E-state index in [1.54, 1.807) is 0 Å². The molecule has 3 aliphatic rings. The second kappa shape index (κ2) is 17.1. The maximum atomic E-state index is 4.80. The molecule has 4 unspecified atom stereocenters. The fraction of sp³-hybridized carbons (Fsp3) is 0.542. The zero-order chi connectivity index (χ0) is 38.5. The van der Waals surface area contributed by atoms with Gasteiger partial charge in [-0.05, 0) is 107 Å². The van der Waals surface area contributed by atoms with Crippen LogP contribution in [-0.2, 0) is 5.41 Å². The van der Waals surface area contributed by atoms with Crippen LogP contribution < -0.4 is 10.2 Å². The molecule has 0 bridgehead atoms. The third-order valence-corrected chi connectivity index (χ3v) is 13.9. The lowest BCUT2D eigenvalue weighted by Crippen LogP contribution is -2.45. The molecular weight excluding hydrogens is 647 g/mol. The topological polar surface area (TPSA) is 15.3 Å². The number of fused-ring (bicyclic) bond motifs is 1. The Balaban J connectivity index is 1.84. The van der Waals surface area contributed by atoms with Crippen LogP contribution >= 0.6 is 11.8 Å². The summed E-state index contributed by atoms with van der Waals surface area (Å²) in [7, 11) is 2.48. The first-order valence-corrected chi connectivity index (χ1v) is 20.8. The van der Waals surface area contributed by atoms with E-state index >= 15 is 0 Å². The summed E-state index contributed by atoms with van der Waals surface area (Å²) >= 11 is 2.07. The zero-order valence-electron chi connectivity index (χ0n) is 34.9. The molecular formula is C48H70BN2S. The van der Waals surface area contributed by atoms with Gasteiger partial charge in [-0.1, -0.05) is 156 Å². The van der Waals surface area contributed by atoms with Crippen molar-refractivity contribution in [3.63, 3.8) is 0 Å². The van der Waals surface area contributed by atoms with E-state index < -0.39 is 0 Å². The fourth-order valence-electron chi connectivity index (χ4n) is 8.02. The first kappa shape index (κ1) is 41.9. The Morgan fingerprint density at radius 2 is 1.71 bits per heavy atom. The van der Waals surface area contributed by atoms with Crippen LogP contribution in [0.15, 0.2) is 120 Å². The zero-order valence-corrected chi connectivity index (χ0v) is 35.7. The average Bonchev–Trinajstić information content (AvgIpc) is 3.54. The van der Waals surface area contributed by atoms with Gasteiger partial charge in [-0.3, -0.25) is 0 Å². The molecule has 1 aliphatic heterocycles. The number of benzene rings is 1. The van der Waals surface area contributed by atoms with Crippen molar-refractivity contribution in [3.8, 4) is 0 Å². The molecule has 281 valence electrons. The van der Waals surface area contributed by atoms with Gasteiger partial charge >= 0.3 is 0 Å². The maximum Gasteiger partial charge on any atom is 0.179 e. The quantitative estimate of drug-likeness (QED) is 0.110. The minimum Gasteiger partial charge on any atom is -0.378 e. The summed E-state index contributed by atoms with van der Waals surface area (Å²) in [5.74, 6) is 3.76. The van der Waals surface area contributed by atoms with Crippen molar-refractivity contribution < 1.29 is 0 Å². The van der Waals surface area contributed by atoms with Crippen molar-refractivity contribution in [2.24, 2.45) is 34.0 Å². The van der Waals surface area contributed by atoms with E-state index in [9.17, 15) is 0 Å². The third-order valence-electron chi connectivity index (χ3n) is 12.3. The molecule has 4 rings (SSSR count). The maximum absolute atomic E-state index is 4.80. The fourth-order valence-corrected chi connectivity index (χ4v) is 9.72. The van der Waals surface area contributed by atoms with Crippen LogP contribution in [0.25, 0.3) is 0 Å². The summed E-state index contributed by atoms with van der Waals surface area (Å²) in [5, 5.41) is 6.84. The highest BCUT2D eigenvalue weighted by molar-refractivity contribution is 8.03. The second-order valence-electron chi connectivity index (χ2n) is 18.9. The number of rotatable bonds is 15. The van der Waals surface area contributed by atoms with Gasteiger partial charge in [0.05, 0.1) is 0 Å².